The number of nitrogens with zero attached hydrogens (tertiary/aromatic N) is 4. The van der Waals surface area contributed by atoms with Gasteiger partial charge in [-0.25, -0.2) is 0 Å². The summed E-state index contributed by atoms with van der Waals surface area (Å²) < 4.78 is 77.3. The smallest absolute Gasteiger partial charge is 0.297 e. The van der Waals surface area contributed by atoms with Gasteiger partial charge in [0, 0.05) is 11.0 Å². The molecule has 1 aromatic carbocycles. The van der Waals surface area contributed by atoms with Crippen LogP contribution in [0.2, 0.25) is 0 Å². The minimum atomic E-state index is -4.98. The number of rotatable bonds is 3. The van der Waals surface area contributed by atoms with Crippen LogP contribution >= 0.6 is 0 Å². The lowest BCUT2D eigenvalue weighted by Crippen LogP contribution is -2.26. The maximum atomic E-state index is 12.9. The number of alkyl halides is 6. The van der Waals surface area contributed by atoms with E-state index in [9.17, 15) is 31.1 Å². The van der Waals surface area contributed by atoms with E-state index in [0.29, 0.717) is 12.1 Å². The van der Waals surface area contributed by atoms with Crippen molar-refractivity contribution in [3.63, 3.8) is 0 Å². The van der Waals surface area contributed by atoms with Gasteiger partial charge >= 0.3 is 12.4 Å². The zero-order valence-electron chi connectivity index (χ0n) is 13.9. The number of ketones is 1. The minimum Gasteiger partial charge on any atom is -0.297 e. The molecule has 1 aromatic heterocycles. The normalized spacial score (nSPS) is 13.1. The fraction of sp³-hybridized carbons (Fsp3) is 0.467. The van der Waals surface area contributed by atoms with Crippen LogP contribution in [0.15, 0.2) is 18.2 Å². The molecule has 0 aliphatic rings. The van der Waals surface area contributed by atoms with Gasteiger partial charge in [0.25, 0.3) is 0 Å². The highest BCUT2D eigenvalue weighted by Crippen LogP contribution is 2.37. The Morgan fingerprint density at radius 1 is 0.962 bits per heavy atom. The van der Waals surface area contributed by atoms with E-state index in [4.69, 9.17) is 0 Å². The number of hydrogen-bond donors (Lipinski definition) is 0. The summed E-state index contributed by atoms with van der Waals surface area (Å²) in [6, 6.07) is 1.02. The van der Waals surface area contributed by atoms with E-state index < -0.39 is 40.3 Å². The van der Waals surface area contributed by atoms with Crippen LogP contribution in [-0.4, -0.2) is 26.0 Å². The average Bonchev–Trinajstić information content (AvgIpc) is 2.92. The second-order valence-corrected chi connectivity index (χ2v) is 6.61. The summed E-state index contributed by atoms with van der Waals surface area (Å²) in [5.41, 5.74) is -4.18. The first-order valence-corrected chi connectivity index (χ1v) is 7.29. The molecule has 0 N–H and O–H groups in total. The predicted octanol–water partition coefficient (Wildman–Crippen LogP) is 3.99. The molecular formula is C15H14F6N4O. The summed E-state index contributed by atoms with van der Waals surface area (Å²) in [6.45, 7) is 4.64. The summed E-state index contributed by atoms with van der Waals surface area (Å²) in [5.74, 6) is -0.718. The number of carbonyl (C=O) groups is 1. The summed E-state index contributed by atoms with van der Waals surface area (Å²) in [4.78, 5) is 12.8. The Kier molecular flexibility index (Phi) is 4.86. The molecular weight excluding hydrogens is 366 g/mol. The monoisotopic (exact) mass is 380 g/mol. The fourth-order valence-corrected chi connectivity index (χ4v) is 1.88. The molecule has 0 saturated carbocycles. The number of aromatic nitrogens is 4. The molecule has 2 rings (SSSR count). The van der Waals surface area contributed by atoms with Crippen LogP contribution in [0.25, 0.3) is 11.4 Å². The first kappa shape index (κ1) is 19.9. The summed E-state index contributed by atoms with van der Waals surface area (Å²) >= 11 is 0. The highest BCUT2D eigenvalue weighted by Gasteiger charge is 2.37. The van der Waals surface area contributed by atoms with Crippen molar-refractivity contribution in [1.29, 1.82) is 0 Å². The van der Waals surface area contributed by atoms with Crippen LogP contribution in [-0.2, 0) is 23.7 Å². The molecule has 11 heteroatoms. The molecule has 0 unspecified atom stereocenters. The lowest BCUT2D eigenvalue weighted by molar-refractivity contribution is -0.143. The Labute approximate surface area is 144 Å². The van der Waals surface area contributed by atoms with E-state index in [1.165, 1.54) is 0 Å². The molecule has 0 saturated heterocycles. The molecule has 0 radical (unpaired) electrons. The number of benzene rings is 1. The third-order valence-electron chi connectivity index (χ3n) is 3.42. The molecule has 142 valence electrons. The number of Topliss-reactive ketones (excluding diaryl/α,β-unsaturated/α-hetero) is 1. The standard InChI is InChI=1S/C15H14F6N4O/c1-13(2,3)11(26)7-25-23-12(22-24-25)8-4-9(14(16,17)18)6-10(5-8)15(19,20)21/h4-6H,7H2,1-3H3. The van der Waals surface area contributed by atoms with Gasteiger partial charge in [0.15, 0.2) is 5.78 Å². The molecule has 0 fully saturated rings. The Balaban J connectivity index is 2.44. The second-order valence-electron chi connectivity index (χ2n) is 6.61. The van der Waals surface area contributed by atoms with Crippen LogP contribution in [0.3, 0.4) is 0 Å². The molecule has 0 spiro atoms. The molecule has 26 heavy (non-hydrogen) atoms. The number of tetrazole rings is 1. The molecule has 0 bridgehead atoms. The summed E-state index contributed by atoms with van der Waals surface area (Å²) in [6.07, 6.45) is -9.96. The van der Waals surface area contributed by atoms with Crippen molar-refractivity contribution in [3.8, 4) is 11.4 Å². The van der Waals surface area contributed by atoms with E-state index in [2.05, 4.69) is 15.4 Å². The van der Waals surface area contributed by atoms with Gasteiger partial charge in [-0.05, 0) is 23.4 Å². The van der Waals surface area contributed by atoms with E-state index in [0.717, 1.165) is 4.80 Å². The van der Waals surface area contributed by atoms with Crippen LogP contribution in [0.1, 0.15) is 31.9 Å². The van der Waals surface area contributed by atoms with Crippen molar-refractivity contribution in [2.24, 2.45) is 5.41 Å². The fourth-order valence-electron chi connectivity index (χ4n) is 1.88. The highest BCUT2D eigenvalue weighted by molar-refractivity contribution is 5.83. The Bertz CT molecular complexity index is 785. The van der Waals surface area contributed by atoms with Gasteiger partial charge in [-0.2, -0.15) is 31.1 Å². The highest BCUT2D eigenvalue weighted by atomic mass is 19.4. The van der Waals surface area contributed by atoms with E-state index >= 15 is 0 Å². The van der Waals surface area contributed by atoms with Gasteiger partial charge in [0.1, 0.15) is 6.54 Å². The predicted molar refractivity (Wildman–Crippen MR) is 77.7 cm³/mol. The second kappa shape index (κ2) is 6.36. The van der Waals surface area contributed by atoms with Crippen LogP contribution in [0, 0.1) is 5.41 Å². The van der Waals surface area contributed by atoms with Crippen molar-refractivity contribution < 1.29 is 31.1 Å². The topological polar surface area (TPSA) is 60.7 Å². The average molecular weight is 380 g/mol. The van der Waals surface area contributed by atoms with Crippen molar-refractivity contribution >= 4 is 5.78 Å². The Morgan fingerprint density at radius 2 is 1.46 bits per heavy atom. The van der Waals surface area contributed by atoms with Crippen molar-refractivity contribution in [3.05, 3.63) is 29.3 Å². The zero-order chi connectivity index (χ0) is 19.9. The van der Waals surface area contributed by atoms with Gasteiger partial charge in [-0.15, -0.1) is 10.2 Å². The van der Waals surface area contributed by atoms with Gasteiger partial charge in [0.05, 0.1) is 11.1 Å². The lowest BCUT2D eigenvalue weighted by Gasteiger charge is -2.15. The molecule has 0 amide bonds. The molecule has 2 aromatic rings. The molecule has 5 nitrogen and oxygen atoms in total. The number of halogens is 6. The Morgan fingerprint density at radius 3 is 1.88 bits per heavy atom. The molecule has 0 aliphatic heterocycles. The minimum absolute atomic E-state index is 0.0110. The van der Waals surface area contributed by atoms with E-state index in [-0.39, 0.29) is 18.4 Å². The maximum Gasteiger partial charge on any atom is 0.416 e. The third-order valence-corrected chi connectivity index (χ3v) is 3.42. The van der Waals surface area contributed by atoms with Crippen LogP contribution in [0.5, 0.6) is 0 Å². The molecule has 0 aliphatic carbocycles. The maximum absolute atomic E-state index is 12.9. The quantitative estimate of drug-likeness (QED) is 0.756. The van der Waals surface area contributed by atoms with Gasteiger partial charge in [-0.3, -0.25) is 4.79 Å². The first-order chi connectivity index (χ1) is 11.7. The summed E-state index contributed by atoms with van der Waals surface area (Å²) in [7, 11) is 0. The third kappa shape index (κ3) is 4.58. The van der Waals surface area contributed by atoms with Gasteiger partial charge < -0.3 is 0 Å². The van der Waals surface area contributed by atoms with E-state index in [1.807, 2.05) is 0 Å². The van der Waals surface area contributed by atoms with Crippen LogP contribution in [0.4, 0.5) is 26.3 Å². The number of hydrogen-bond acceptors (Lipinski definition) is 4. The molecule has 1 heterocycles. The van der Waals surface area contributed by atoms with Crippen molar-refractivity contribution in [2.75, 3.05) is 0 Å². The zero-order valence-corrected chi connectivity index (χ0v) is 13.9. The van der Waals surface area contributed by atoms with Gasteiger partial charge in [-0.1, -0.05) is 20.8 Å². The Hall–Kier alpha value is -2.46. The van der Waals surface area contributed by atoms with E-state index in [1.54, 1.807) is 20.8 Å². The van der Waals surface area contributed by atoms with Crippen molar-refractivity contribution in [1.82, 2.24) is 20.2 Å². The van der Waals surface area contributed by atoms with Crippen molar-refractivity contribution in [2.45, 2.75) is 39.7 Å². The SMILES string of the molecule is CC(C)(C)C(=O)Cn1nnc(-c2cc(C(F)(F)F)cc(C(F)(F)F)c2)n1. The molecule has 0 atom stereocenters. The van der Waals surface area contributed by atoms with Gasteiger partial charge in [0.2, 0.25) is 5.82 Å². The lowest BCUT2D eigenvalue weighted by atomic mass is 9.91. The number of carbonyl (C=O) groups excluding carboxylic acids is 1. The van der Waals surface area contributed by atoms with Crippen LogP contribution < -0.4 is 0 Å². The largest absolute Gasteiger partial charge is 0.416 e. The first-order valence-electron chi connectivity index (χ1n) is 7.29. The summed E-state index contributed by atoms with van der Waals surface area (Å²) in [5, 5.41) is 10.7.